The third-order valence-corrected chi connectivity index (χ3v) is 3.35. The topological polar surface area (TPSA) is 78.9 Å². The van der Waals surface area contributed by atoms with Gasteiger partial charge in [-0.3, -0.25) is 13.8 Å². The summed E-state index contributed by atoms with van der Waals surface area (Å²) >= 11 is -1.48. The van der Waals surface area contributed by atoms with Crippen LogP contribution >= 0.6 is 0 Å². The Hall–Kier alpha value is -1.73. The van der Waals surface area contributed by atoms with Gasteiger partial charge in [-0.15, -0.1) is 0 Å². The van der Waals surface area contributed by atoms with E-state index in [0.717, 1.165) is 0 Å². The Morgan fingerprint density at radius 2 is 1.63 bits per heavy atom. The van der Waals surface area contributed by atoms with Gasteiger partial charge in [-0.2, -0.15) is 0 Å². The zero-order chi connectivity index (χ0) is 14.0. The Morgan fingerprint density at radius 1 is 1.11 bits per heavy atom. The molecule has 0 bridgehead atoms. The van der Waals surface area contributed by atoms with Crippen LogP contribution < -0.4 is 9.47 Å². The summed E-state index contributed by atoms with van der Waals surface area (Å²) in [7, 11) is 0. The number of rotatable bonds is 2. The van der Waals surface area contributed by atoms with E-state index in [0.29, 0.717) is 22.6 Å². The SMILES string of the molecule is CC(=O)Oc1ccc(OC(C)=O)c2c1COS(=O)C2. The van der Waals surface area contributed by atoms with Crippen molar-refractivity contribution < 1.29 is 27.5 Å². The summed E-state index contributed by atoms with van der Waals surface area (Å²) in [6.07, 6.45) is 0. The number of carbonyl (C=O) groups is 2. The Morgan fingerprint density at radius 3 is 2.16 bits per heavy atom. The van der Waals surface area contributed by atoms with Crippen molar-refractivity contribution in [2.45, 2.75) is 26.2 Å². The lowest BCUT2D eigenvalue weighted by Gasteiger charge is -2.20. The fraction of sp³-hybridized carbons (Fsp3) is 0.333. The van der Waals surface area contributed by atoms with Gasteiger partial charge in [0, 0.05) is 25.0 Å². The number of hydrogen-bond donors (Lipinski definition) is 0. The number of hydrogen-bond acceptors (Lipinski definition) is 6. The number of ether oxygens (including phenoxy) is 2. The van der Waals surface area contributed by atoms with E-state index < -0.39 is 23.0 Å². The largest absolute Gasteiger partial charge is 0.426 e. The van der Waals surface area contributed by atoms with Crippen LogP contribution in [0.2, 0.25) is 0 Å². The van der Waals surface area contributed by atoms with Gasteiger partial charge >= 0.3 is 11.9 Å². The highest BCUT2D eigenvalue weighted by atomic mass is 32.2. The minimum absolute atomic E-state index is 0.0413. The molecule has 0 spiro atoms. The van der Waals surface area contributed by atoms with E-state index in [1.54, 1.807) is 0 Å². The van der Waals surface area contributed by atoms with E-state index in [2.05, 4.69) is 0 Å². The molecule has 0 saturated carbocycles. The summed E-state index contributed by atoms with van der Waals surface area (Å²) in [6.45, 7) is 2.61. The highest BCUT2D eigenvalue weighted by molar-refractivity contribution is 7.79. The van der Waals surface area contributed by atoms with E-state index in [-0.39, 0.29) is 12.4 Å². The van der Waals surface area contributed by atoms with Gasteiger partial charge in [0.2, 0.25) is 0 Å². The van der Waals surface area contributed by atoms with Crippen molar-refractivity contribution in [2.24, 2.45) is 0 Å². The average Bonchev–Trinajstić information content (AvgIpc) is 2.31. The molecule has 2 rings (SSSR count). The van der Waals surface area contributed by atoms with Gasteiger partial charge in [-0.1, -0.05) is 0 Å². The third kappa shape index (κ3) is 3.18. The Bertz CT molecular complexity index is 566. The molecule has 1 heterocycles. The van der Waals surface area contributed by atoms with Crippen molar-refractivity contribution in [3.63, 3.8) is 0 Å². The van der Waals surface area contributed by atoms with Crippen LogP contribution in [-0.4, -0.2) is 16.1 Å². The molecule has 0 aromatic heterocycles. The van der Waals surface area contributed by atoms with Gasteiger partial charge in [0.25, 0.3) is 0 Å². The van der Waals surface area contributed by atoms with Crippen molar-refractivity contribution in [1.82, 2.24) is 0 Å². The molecule has 7 heteroatoms. The molecule has 0 amide bonds. The molecule has 19 heavy (non-hydrogen) atoms. The number of carbonyl (C=O) groups excluding carboxylic acids is 2. The minimum Gasteiger partial charge on any atom is -0.426 e. The molecule has 1 aliphatic heterocycles. The Kier molecular flexibility index (Phi) is 3.96. The molecule has 1 unspecified atom stereocenters. The smallest absolute Gasteiger partial charge is 0.308 e. The summed E-state index contributed by atoms with van der Waals surface area (Å²) < 4.78 is 26.6. The monoisotopic (exact) mass is 284 g/mol. The maximum atomic E-state index is 11.4. The molecule has 1 aromatic carbocycles. The molecule has 0 saturated heterocycles. The first-order chi connectivity index (χ1) is 8.97. The van der Waals surface area contributed by atoms with Crippen molar-refractivity contribution in [3.8, 4) is 11.5 Å². The lowest BCUT2D eigenvalue weighted by molar-refractivity contribution is -0.133. The van der Waals surface area contributed by atoms with Crippen LogP contribution in [0.1, 0.15) is 25.0 Å². The first-order valence-electron chi connectivity index (χ1n) is 5.50. The predicted molar refractivity (Wildman–Crippen MR) is 65.7 cm³/mol. The van der Waals surface area contributed by atoms with Crippen LogP contribution in [0.25, 0.3) is 0 Å². The summed E-state index contributed by atoms with van der Waals surface area (Å²) in [5, 5.41) is 0. The van der Waals surface area contributed by atoms with E-state index in [1.165, 1.54) is 26.0 Å². The van der Waals surface area contributed by atoms with Gasteiger partial charge in [0.1, 0.15) is 11.5 Å². The van der Waals surface area contributed by atoms with Crippen molar-refractivity contribution >= 4 is 23.0 Å². The van der Waals surface area contributed by atoms with Crippen LogP contribution in [0.5, 0.6) is 11.5 Å². The molecular formula is C12H12O6S. The fourth-order valence-corrected chi connectivity index (χ4v) is 2.64. The fourth-order valence-electron chi connectivity index (χ4n) is 1.75. The normalized spacial score (nSPS) is 17.5. The molecule has 0 N–H and O–H groups in total. The highest BCUT2D eigenvalue weighted by Crippen LogP contribution is 2.35. The maximum absolute atomic E-state index is 11.4. The van der Waals surface area contributed by atoms with Crippen LogP contribution in [0.4, 0.5) is 0 Å². The first-order valence-corrected chi connectivity index (χ1v) is 6.75. The lowest BCUT2D eigenvalue weighted by atomic mass is 10.1. The Balaban J connectivity index is 2.46. The molecule has 1 atom stereocenters. The molecule has 6 nitrogen and oxygen atoms in total. The molecule has 1 aromatic rings. The average molecular weight is 284 g/mol. The lowest BCUT2D eigenvalue weighted by Crippen LogP contribution is -2.16. The molecule has 102 valence electrons. The second-order valence-corrected chi connectivity index (χ2v) is 5.05. The van der Waals surface area contributed by atoms with Crippen LogP contribution in [0.15, 0.2) is 12.1 Å². The van der Waals surface area contributed by atoms with Crippen molar-refractivity contribution in [3.05, 3.63) is 23.3 Å². The second-order valence-electron chi connectivity index (χ2n) is 3.92. The van der Waals surface area contributed by atoms with Crippen LogP contribution in [0, 0.1) is 0 Å². The zero-order valence-electron chi connectivity index (χ0n) is 10.4. The van der Waals surface area contributed by atoms with Crippen LogP contribution in [0.3, 0.4) is 0 Å². The summed E-state index contributed by atoms with van der Waals surface area (Å²) in [5.74, 6) is -0.202. The van der Waals surface area contributed by atoms with E-state index in [4.69, 9.17) is 13.7 Å². The zero-order valence-corrected chi connectivity index (χ0v) is 11.2. The predicted octanol–water partition coefficient (Wildman–Crippen LogP) is 1.23. The van der Waals surface area contributed by atoms with Crippen molar-refractivity contribution in [1.29, 1.82) is 0 Å². The molecule has 0 fully saturated rings. The number of esters is 2. The minimum atomic E-state index is -1.48. The summed E-state index contributed by atoms with van der Waals surface area (Å²) in [5.41, 5.74) is 1.15. The Labute approximate surface area is 112 Å². The standard InChI is InChI=1S/C12H12O6S/c1-7(13)17-11-3-4-12(18-8(2)14)10-6-19(15)16-5-9(10)11/h3-4H,5-6H2,1-2H3. The van der Waals surface area contributed by atoms with Gasteiger partial charge < -0.3 is 9.47 Å². The van der Waals surface area contributed by atoms with Gasteiger partial charge in [0.05, 0.1) is 12.4 Å². The summed E-state index contributed by atoms with van der Waals surface area (Å²) in [4.78, 5) is 22.0. The summed E-state index contributed by atoms with van der Waals surface area (Å²) in [6, 6.07) is 3.04. The van der Waals surface area contributed by atoms with Crippen molar-refractivity contribution in [2.75, 3.05) is 0 Å². The third-order valence-electron chi connectivity index (χ3n) is 2.45. The number of benzene rings is 1. The first kappa shape index (κ1) is 13.7. The maximum Gasteiger partial charge on any atom is 0.308 e. The van der Waals surface area contributed by atoms with E-state index in [9.17, 15) is 13.8 Å². The van der Waals surface area contributed by atoms with Gasteiger partial charge in [-0.05, 0) is 12.1 Å². The van der Waals surface area contributed by atoms with Gasteiger partial charge in [-0.25, -0.2) is 4.21 Å². The quantitative estimate of drug-likeness (QED) is 0.600. The second kappa shape index (κ2) is 5.50. The highest BCUT2D eigenvalue weighted by Gasteiger charge is 2.24. The molecular weight excluding hydrogens is 272 g/mol. The molecule has 0 aliphatic carbocycles. The van der Waals surface area contributed by atoms with E-state index >= 15 is 0 Å². The van der Waals surface area contributed by atoms with Crippen LogP contribution in [-0.2, 0) is 37.2 Å². The van der Waals surface area contributed by atoms with Gasteiger partial charge in [0.15, 0.2) is 11.1 Å². The van der Waals surface area contributed by atoms with E-state index in [1.807, 2.05) is 0 Å². The number of fused-ring (bicyclic) bond motifs is 1. The molecule has 0 radical (unpaired) electrons. The molecule has 1 aliphatic rings.